The van der Waals surface area contributed by atoms with Crippen LogP contribution in [0.4, 0.5) is 0 Å². The summed E-state index contributed by atoms with van der Waals surface area (Å²) in [5.74, 6) is -0.833. The Bertz CT molecular complexity index is 52.2. The van der Waals surface area contributed by atoms with Crippen LogP contribution in [0.1, 0.15) is 6.92 Å². The predicted molar refractivity (Wildman–Crippen MR) is 33.3 cm³/mol. The summed E-state index contributed by atoms with van der Waals surface area (Å²) in [5.41, 5.74) is 0. The monoisotopic (exact) mass is 156 g/mol. The minimum atomic E-state index is -0.833. The molecular formula is C3H8O5S. The Morgan fingerprint density at radius 1 is 1.44 bits per heavy atom. The normalized spacial score (nSPS) is 5.22. The van der Waals surface area contributed by atoms with Gasteiger partial charge < -0.3 is 19.0 Å². The molecule has 0 unspecified atom stereocenters. The van der Waals surface area contributed by atoms with Crippen LogP contribution in [0.2, 0.25) is 0 Å². The van der Waals surface area contributed by atoms with Gasteiger partial charge in [0.25, 0.3) is 5.97 Å². The summed E-state index contributed by atoms with van der Waals surface area (Å²) in [6.07, 6.45) is 0. The molecule has 0 atom stereocenters. The highest BCUT2D eigenvalue weighted by Gasteiger charge is 1.65. The van der Waals surface area contributed by atoms with Gasteiger partial charge in [-0.2, -0.15) is 0 Å². The molecule has 0 aromatic rings. The highest BCUT2D eigenvalue weighted by atomic mass is 32.2. The van der Waals surface area contributed by atoms with Crippen LogP contribution in [0.15, 0.2) is 0 Å². The third kappa shape index (κ3) is 623. The van der Waals surface area contributed by atoms with Crippen LogP contribution in [0.25, 0.3) is 0 Å². The van der Waals surface area contributed by atoms with Gasteiger partial charge in [0.2, 0.25) is 0 Å². The first-order valence-electron chi connectivity index (χ1n) is 1.58. The molecule has 0 amide bonds. The largest absolute Gasteiger partial charge is 0.481 e. The smallest absolute Gasteiger partial charge is 0.300 e. The Balaban J connectivity index is -0.0000000646. The molecule has 9 heavy (non-hydrogen) atoms. The lowest BCUT2D eigenvalue weighted by Gasteiger charge is -1.59. The highest BCUT2D eigenvalue weighted by molar-refractivity contribution is 7.87. The van der Waals surface area contributed by atoms with Gasteiger partial charge in [-0.15, -0.1) is 0 Å². The van der Waals surface area contributed by atoms with Crippen LogP contribution in [-0.4, -0.2) is 27.0 Å². The van der Waals surface area contributed by atoms with Crippen molar-refractivity contribution in [3.8, 4) is 0 Å². The topological polar surface area (TPSA) is 94.8 Å². The number of carbonyl (C=O) groups excluding carboxylic acids is 1. The molecule has 0 saturated carbocycles. The fraction of sp³-hybridized carbons (Fsp3) is 0.333. The molecule has 6 heteroatoms. The number of hydrogen-bond acceptors (Lipinski definition) is 5. The third-order valence-electron chi connectivity index (χ3n) is 0. The van der Waals surface area contributed by atoms with E-state index in [9.17, 15) is 0 Å². The maximum atomic E-state index is 9.00. The lowest BCUT2D eigenvalue weighted by Crippen LogP contribution is -1.78. The predicted octanol–water partition coefficient (Wildman–Crippen LogP) is 0.572. The zero-order chi connectivity index (χ0) is 8.28. The Labute approximate surface area is 56.7 Å². The van der Waals surface area contributed by atoms with Crippen molar-refractivity contribution in [1.82, 2.24) is 0 Å². The third-order valence-corrected chi connectivity index (χ3v) is 0. The molecule has 0 aromatic carbocycles. The average Bonchev–Trinajstić information content (AvgIpc) is 1.71. The summed E-state index contributed by atoms with van der Waals surface area (Å²) in [6.45, 7) is 3.08. The van der Waals surface area contributed by atoms with Crippen molar-refractivity contribution in [2.75, 3.05) is 0 Å². The number of rotatable bonds is 0. The van der Waals surface area contributed by atoms with Crippen LogP contribution in [0, 0.1) is 0 Å². The first-order valence-corrected chi connectivity index (χ1v) is 2.31. The van der Waals surface area contributed by atoms with Gasteiger partial charge >= 0.3 is 0 Å². The number of carbonyl (C=O) groups is 2. The van der Waals surface area contributed by atoms with Gasteiger partial charge in [0, 0.05) is 6.92 Å². The van der Waals surface area contributed by atoms with E-state index in [1.807, 2.05) is 6.79 Å². The maximum Gasteiger partial charge on any atom is 0.300 e. The Morgan fingerprint density at radius 2 is 1.44 bits per heavy atom. The second-order valence-electron chi connectivity index (χ2n) is 0.601. The van der Waals surface area contributed by atoms with E-state index >= 15 is 0 Å². The number of hydrogen-bond donors (Lipinski definition) is 3. The molecule has 0 bridgehead atoms. The molecule has 0 spiro atoms. The molecule has 0 aliphatic rings. The summed E-state index contributed by atoms with van der Waals surface area (Å²) in [5, 5.41) is 7.42. The van der Waals surface area contributed by atoms with Crippen LogP contribution >= 0.6 is 12.3 Å². The van der Waals surface area contributed by atoms with Crippen molar-refractivity contribution >= 4 is 25.1 Å². The van der Waals surface area contributed by atoms with Gasteiger partial charge in [-0.05, 0) is 0 Å². The molecule has 0 aliphatic heterocycles. The molecule has 0 saturated heterocycles. The van der Waals surface area contributed by atoms with E-state index in [4.69, 9.17) is 23.8 Å². The van der Waals surface area contributed by atoms with Gasteiger partial charge in [0.15, 0.2) is 12.3 Å². The minimum Gasteiger partial charge on any atom is -0.481 e. The van der Waals surface area contributed by atoms with Crippen LogP contribution in [-0.2, 0) is 9.59 Å². The van der Waals surface area contributed by atoms with Gasteiger partial charge in [-0.1, -0.05) is 0 Å². The van der Waals surface area contributed by atoms with Gasteiger partial charge in [0.05, 0.1) is 0 Å². The SMILES string of the molecule is C=O.CC(=O)O.OSO. The van der Waals surface area contributed by atoms with E-state index in [1.165, 1.54) is 0 Å². The van der Waals surface area contributed by atoms with E-state index in [1.54, 1.807) is 0 Å². The van der Waals surface area contributed by atoms with Crippen LogP contribution < -0.4 is 0 Å². The molecule has 0 rings (SSSR count). The van der Waals surface area contributed by atoms with Crippen molar-refractivity contribution in [1.29, 1.82) is 0 Å². The van der Waals surface area contributed by atoms with Crippen LogP contribution in [0.3, 0.4) is 0 Å². The van der Waals surface area contributed by atoms with Crippen molar-refractivity contribution in [2.24, 2.45) is 0 Å². The number of aliphatic carboxylic acids is 1. The van der Waals surface area contributed by atoms with Crippen molar-refractivity contribution < 1.29 is 23.8 Å². The lowest BCUT2D eigenvalue weighted by atomic mass is 10.9. The second-order valence-corrected chi connectivity index (χ2v) is 0.764. The highest BCUT2D eigenvalue weighted by Crippen LogP contribution is 1.67. The maximum absolute atomic E-state index is 9.00. The fourth-order valence-electron chi connectivity index (χ4n) is 0. The molecule has 5 nitrogen and oxygen atoms in total. The first kappa shape index (κ1) is 15.8. The quantitative estimate of drug-likeness (QED) is 0.444. The van der Waals surface area contributed by atoms with Gasteiger partial charge in [-0.3, -0.25) is 4.79 Å². The number of carboxylic acid groups (broad SMARTS) is 1. The molecule has 0 aromatic heterocycles. The summed E-state index contributed by atoms with van der Waals surface area (Å²) in [6, 6.07) is 0. The summed E-state index contributed by atoms with van der Waals surface area (Å²) in [4.78, 5) is 17.0. The zero-order valence-corrected chi connectivity index (χ0v) is 5.59. The average molecular weight is 156 g/mol. The molecule has 0 heterocycles. The molecule has 0 radical (unpaired) electrons. The van der Waals surface area contributed by atoms with Crippen LogP contribution in [0.5, 0.6) is 0 Å². The Kier molecular flexibility index (Phi) is 45.9. The van der Waals surface area contributed by atoms with E-state index in [-0.39, 0.29) is 12.3 Å². The first-order chi connectivity index (χ1) is 4.15. The van der Waals surface area contributed by atoms with Crippen molar-refractivity contribution in [3.63, 3.8) is 0 Å². The lowest BCUT2D eigenvalue weighted by molar-refractivity contribution is -0.134. The summed E-state index contributed by atoms with van der Waals surface area (Å²) >= 11 is -0.250. The summed E-state index contributed by atoms with van der Waals surface area (Å²) in [7, 11) is 0. The number of carboxylic acids is 1. The fourth-order valence-corrected chi connectivity index (χ4v) is 0. The molecule has 0 aliphatic carbocycles. The van der Waals surface area contributed by atoms with E-state index in [0.29, 0.717) is 0 Å². The standard InChI is InChI=1S/C2H4O2.CH2O.H2O2S/c1-2(3)4;1-2;1-3-2/h1H3,(H,3,4);1H2;1-2H. The van der Waals surface area contributed by atoms with Crippen molar-refractivity contribution in [2.45, 2.75) is 6.92 Å². The molecule has 3 N–H and O–H groups in total. The van der Waals surface area contributed by atoms with Gasteiger partial charge in [0.1, 0.15) is 6.79 Å². The second kappa shape index (κ2) is 26.2. The Hall–Kier alpha value is -0.590. The van der Waals surface area contributed by atoms with E-state index in [2.05, 4.69) is 0 Å². The van der Waals surface area contributed by atoms with E-state index < -0.39 is 5.97 Å². The Morgan fingerprint density at radius 3 is 1.44 bits per heavy atom. The summed E-state index contributed by atoms with van der Waals surface area (Å²) < 4.78 is 14.1. The molecule has 0 fully saturated rings. The molecule has 56 valence electrons. The van der Waals surface area contributed by atoms with Gasteiger partial charge in [-0.25, -0.2) is 0 Å². The zero-order valence-electron chi connectivity index (χ0n) is 4.77. The van der Waals surface area contributed by atoms with E-state index in [0.717, 1.165) is 6.92 Å². The minimum absolute atomic E-state index is 0.250. The van der Waals surface area contributed by atoms with Crippen molar-refractivity contribution in [3.05, 3.63) is 0 Å². The molecular weight excluding hydrogens is 148 g/mol.